The zero-order valence-electron chi connectivity index (χ0n) is 17.0. The number of para-hydroxylation sites is 1. The normalized spacial score (nSPS) is 11.4. The van der Waals surface area contributed by atoms with Crippen LogP contribution in [-0.4, -0.2) is 24.4 Å². The highest BCUT2D eigenvalue weighted by Crippen LogP contribution is 2.27. The molecule has 2 aromatic rings. The number of nitrogens with zero attached hydrogens (tertiary/aromatic N) is 1. The summed E-state index contributed by atoms with van der Waals surface area (Å²) in [6.45, 7) is 11.9. The molecule has 140 valence electrons. The fraction of sp³-hybridized carbons (Fsp3) is 0.435. The van der Waals surface area contributed by atoms with Crippen LogP contribution in [0.3, 0.4) is 0 Å². The number of hydrogen-bond acceptors (Lipinski definition) is 2. The van der Waals surface area contributed by atoms with Gasteiger partial charge in [-0.3, -0.25) is 9.69 Å². The fourth-order valence-corrected chi connectivity index (χ4v) is 3.14. The zero-order chi connectivity index (χ0) is 19.3. The van der Waals surface area contributed by atoms with Gasteiger partial charge in [-0.15, -0.1) is 0 Å². The van der Waals surface area contributed by atoms with Crippen LogP contribution in [0, 0.1) is 6.92 Å². The molecular weight excluding hydrogens is 320 g/mol. The molecule has 0 unspecified atom stereocenters. The summed E-state index contributed by atoms with van der Waals surface area (Å²) < 4.78 is 0. The quantitative estimate of drug-likeness (QED) is 0.732. The van der Waals surface area contributed by atoms with Gasteiger partial charge in [0.15, 0.2) is 0 Å². The van der Waals surface area contributed by atoms with Gasteiger partial charge in [0.25, 0.3) is 0 Å². The number of rotatable bonds is 7. The van der Waals surface area contributed by atoms with E-state index in [-0.39, 0.29) is 5.91 Å². The summed E-state index contributed by atoms with van der Waals surface area (Å²) in [4.78, 5) is 14.6. The fourth-order valence-electron chi connectivity index (χ4n) is 3.14. The van der Waals surface area contributed by atoms with E-state index in [4.69, 9.17) is 0 Å². The molecule has 0 fully saturated rings. The van der Waals surface area contributed by atoms with E-state index in [0.717, 1.165) is 17.8 Å². The minimum atomic E-state index is 0.0301. The van der Waals surface area contributed by atoms with Gasteiger partial charge in [0, 0.05) is 12.2 Å². The Hall–Kier alpha value is -2.13. The van der Waals surface area contributed by atoms with Gasteiger partial charge in [-0.1, -0.05) is 70.2 Å². The number of benzene rings is 2. The molecule has 2 aromatic carbocycles. The van der Waals surface area contributed by atoms with Crippen LogP contribution in [0.15, 0.2) is 42.5 Å². The van der Waals surface area contributed by atoms with Crippen molar-refractivity contribution in [3.8, 4) is 0 Å². The molecule has 0 aliphatic heterocycles. The topological polar surface area (TPSA) is 32.3 Å². The Labute approximate surface area is 158 Å². The monoisotopic (exact) mass is 352 g/mol. The standard InChI is InChI=1S/C23H32N2O/c1-16(2)20-12-10-19(11-13-20)14-25(6)15-22(26)24-23-18(5)8-7-9-21(23)17(3)4/h7-13,16-17H,14-15H2,1-6H3,(H,24,26). The van der Waals surface area contributed by atoms with Crippen molar-refractivity contribution >= 4 is 11.6 Å². The molecule has 0 atom stereocenters. The van der Waals surface area contributed by atoms with Gasteiger partial charge < -0.3 is 5.32 Å². The van der Waals surface area contributed by atoms with Crippen LogP contribution in [-0.2, 0) is 11.3 Å². The molecule has 0 bridgehead atoms. The Morgan fingerprint density at radius 1 is 1.00 bits per heavy atom. The largest absolute Gasteiger partial charge is 0.324 e. The maximum Gasteiger partial charge on any atom is 0.238 e. The van der Waals surface area contributed by atoms with E-state index < -0.39 is 0 Å². The molecule has 0 radical (unpaired) electrons. The minimum absolute atomic E-state index is 0.0301. The van der Waals surface area contributed by atoms with Crippen molar-refractivity contribution < 1.29 is 4.79 Å². The van der Waals surface area contributed by atoms with E-state index >= 15 is 0 Å². The van der Waals surface area contributed by atoms with Crippen LogP contribution < -0.4 is 5.32 Å². The van der Waals surface area contributed by atoms with E-state index in [9.17, 15) is 4.79 Å². The molecule has 1 amide bonds. The Bertz CT molecular complexity index is 732. The Balaban J connectivity index is 1.97. The summed E-state index contributed by atoms with van der Waals surface area (Å²) in [5.74, 6) is 0.946. The molecule has 0 saturated carbocycles. The molecule has 3 nitrogen and oxygen atoms in total. The molecule has 26 heavy (non-hydrogen) atoms. The molecular formula is C23H32N2O. The molecule has 1 N–H and O–H groups in total. The van der Waals surface area contributed by atoms with Crippen LogP contribution in [0.2, 0.25) is 0 Å². The second-order valence-electron chi connectivity index (χ2n) is 7.81. The number of anilines is 1. The highest BCUT2D eigenvalue weighted by atomic mass is 16.2. The average molecular weight is 353 g/mol. The van der Waals surface area contributed by atoms with Crippen molar-refractivity contribution in [3.63, 3.8) is 0 Å². The maximum absolute atomic E-state index is 12.5. The highest BCUT2D eigenvalue weighted by molar-refractivity contribution is 5.93. The number of aryl methyl sites for hydroxylation is 1. The summed E-state index contributed by atoms with van der Waals surface area (Å²) >= 11 is 0. The average Bonchev–Trinajstić information content (AvgIpc) is 2.56. The Morgan fingerprint density at radius 2 is 1.65 bits per heavy atom. The van der Waals surface area contributed by atoms with Crippen molar-refractivity contribution in [2.75, 3.05) is 18.9 Å². The van der Waals surface area contributed by atoms with Gasteiger partial charge in [0.05, 0.1) is 6.54 Å². The van der Waals surface area contributed by atoms with Gasteiger partial charge in [0.1, 0.15) is 0 Å². The smallest absolute Gasteiger partial charge is 0.238 e. The molecule has 0 aliphatic carbocycles. The van der Waals surface area contributed by atoms with Crippen LogP contribution >= 0.6 is 0 Å². The third kappa shape index (κ3) is 5.43. The summed E-state index contributed by atoms with van der Waals surface area (Å²) in [7, 11) is 1.98. The van der Waals surface area contributed by atoms with E-state index in [2.05, 4.69) is 63.3 Å². The molecule has 3 heteroatoms. The van der Waals surface area contributed by atoms with Crippen LogP contribution in [0.25, 0.3) is 0 Å². The lowest BCUT2D eigenvalue weighted by Gasteiger charge is -2.20. The van der Waals surface area contributed by atoms with Gasteiger partial charge in [0.2, 0.25) is 5.91 Å². The van der Waals surface area contributed by atoms with E-state index in [1.807, 2.05) is 31.0 Å². The molecule has 0 saturated heterocycles. The van der Waals surface area contributed by atoms with Crippen LogP contribution in [0.4, 0.5) is 5.69 Å². The summed E-state index contributed by atoms with van der Waals surface area (Å²) in [5, 5.41) is 3.12. The first kappa shape index (κ1) is 20.2. The molecule has 0 aliphatic rings. The number of carbonyl (C=O) groups is 1. The summed E-state index contributed by atoms with van der Waals surface area (Å²) in [6.07, 6.45) is 0. The predicted octanol–water partition coefficient (Wildman–Crippen LogP) is 5.31. The molecule has 0 heterocycles. The summed E-state index contributed by atoms with van der Waals surface area (Å²) in [5.41, 5.74) is 5.82. The Morgan fingerprint density at radius 3 is 2.23 bits per heavy atom. The first-order valence-electron chi connectivity index (χ1n) is 9.44. The Kier molecular flexibility index (Phi) is 6.98. The van der Waals surface area contributed by atoms with Crippen molar-refractivity contribution in [1.29, 1.82) is 0 Å². The highest BCUT2D eigenvalue weighted by Gasteiger charge is 2.13. The SMILES string of the molecule is Cc1cccc(C(C)C)c1NC(=O)CN(C)Cc1ccc(C(C)C)cc1. The molecule has 0 spiro atoms. The predicted molar refractivity (Wildman–Crippen MR) is 111 cm³/mol. The van der Waals surface area contributed by atoms with Crippen molar-refractivity contribution in [1.82, 2.24) is 4.90 Å². The summed E-state index contributed by atoms with van der Waals surface area (Å²) in [6, 6.07) is 14.8. The first-order valence-corrected chi connectivity index (χ1v) is 9.44. The number of nitrogens with one attached hydrogen (secondary N) is 1. The third-order valence-electron chi connectivity index (χ3n) is 4.70. The molecule has 2 rings (SSSR count). The third-order valence-corrected chi connectivity index (χ3v) is 4.70. The maximum atomic E-state index is 12.5. The zero-order valence-corrected chi connectivity index (χ0v) is 17.0. The first-order chi connectivity index (χ1) is 12.3. The second-order valence-corrected chi connectivity index (χ2v) is 7.81. The number of likely N-dealkylation sites (N-methyl/N-ethyl adjacent to an activating group) is 1. The number of amides is 1. The second kappa shape index (κ2) is 9.00. The van der Waals surface area contributed by atoms with Crippen molar-refractivity contribution in [2.24, 2.45) is 0 Å². The van der Waals surface area contributed by atoms with E-state index in [0.29, 0.717) is 18.4 Å². The lowest BCUT2D eigenvalue weighted by Crippen LogP contribution is -2.30. The lowest BCUT2D eigenvalue weighted by atomic mass is 9.98. The van der Waals surface area contributed by atoms with Gasteiger partial charge >= 0.3 is 0 Å². The van der Waals surface area contributed by atoms with Crippen molar-refractivity contribution in [2.45, 2.75) is 53.0 Å². The lowest BCUT2D eigenvalue weighted by molar-refractivity contribution is -0.117. The van der Waals surface area contributed by atoms with Crippen LogP contribution in [0.5, 0.6) is 0 Å². The minimum Gasteiger partial charge on any atom is -0.324 e. The number of hydrogen-bond donors (Lipinski definition) is 1. The number of carbonyl (C=O) groups excluding carboxylic acids is 1. The molecule has 0 aromatic heterocycles. The van der Waals surface area contributed by atoms with Gasteiger partial charge in [-0.2, -0.15) is 0 Å². The van der Waals surface area contributed by atoms with Crippen molar-refractivity contribution in [3.05, 3.63) is 64.7 Å². The van der Waals surface area contributed by atoms with Crippen LogP contribution in [0.1, 0.15) is 61.8 Å². The van der Waals surface area contributed by atoms with Gasteiger partial charge in [-0.25, -0.2) is 0 Å². The van der Waals surface area contributed by atoms with E-state index in [1.54, 1.807) is 0 Å². The van der Waals surface area contributed by atoms with Gasteiger partial charge in [-0.05, 0) is 48.1 Å². The van der Waals surface area contributed by atoms with E-state index in [1.165, 1.54) is 16.7 Å².